The van der Waals surface area contributed by atoms with E-state index in [2.05, 4.69) is 15.5 Å². The van der Waals surface area contributed by atoms with Crippen LogP contribution in [0, 0.1) is 30.6 Å². The van der Waals surface area contributed by atoms with Crippen molar-refractivity contribution in [1.29, 1.82) is 0 Å². The molecule has 2 aromatic carbocycles. The Hall–Kier alpha value is -5.81. The highest BCUT2D eigenvalue weighted by molar-refractivity contribution is 6.23. The molecule has 0 saturated heterocycles. The summed E-state index contributed by atoms with van der Waals surface area (Å²) in [5.41, 5.74) is 2.99. The summed E-state index contributed by atoms with van der Waals surface area (Å²) < 4.78 is 25.4. The lowest BCUT2D eigenvalue weighted by Crippen LogP contribution is -2.46. The Balaban J connectivity index is 1.63. The number of phenols is 1. The number of carbonyl (C=O) groups is 3. The predicted molar refractivity (Wildman–Crippen MR) is 221 cm³/mol. The van der Waals surface area contributed by atoms with Crippen molar-refractivity contribution < 1.29 is 53.5 Å². The number of aliphatic hydroxyl groups excluding tert-OH is 2. The summed E-state index contributed by atoms with van der Waals surface area (Å²) in [6.07, 6.45) is 6.92. The van der Waals surface area contributed by atoms with Crippen molar-refractivity contribution in [3.8, 4) is 11.5 Å². The molecule has 2 aromatic heterocycles. The fourth-order valence-corrected chi connectivity index (χ4v) is 8.17. The lowest BCUT2D eigenvalue weighted by molar-refractivity contribution is -0.160. The summed E-state index contributed by atoms with van der Waals surface area (Å²) >= 11 is 0. The van der Waals surface area contributed by atoms with E-state index in [1.54, 1.807) is 68.8 Å². The zero-order valence-electron chi connectivity index (χ0n) is 35.2. The van der Waals surface area contributed by atoms with Crippen LogP contribution in [0.2, 0.25) is 0 Å². The first-order valence-electron chi connectivity index (χ1n) is 19.6. The van der Waals surface area contributed by atoms with Gasteiger partial charge < -0.3 is 39.3 Å². The van der Waals surface area contributed by atoms with Crippen molar-refractivity contribution in [2.24, 2.45) is 28.7 Å². The van der Waals surface area contributed by atoms with Gasteiger partial charge in [0.05, 0.1) is 48.2 Å². The average molecular weight is 829 g/mol. The molecule has 0 unspecified atom stereocenters. The smallest absolute Gasteiger partial charge is 0.312 e. The molecule has 0 fully saturated rings. The van der Waals surface area contributed by atoms with Gasteiger partial charge in [-0.15, -0.1) is 0 Å². The van der Waals surface area contributed by atoms with Gasteiger partial charge in [-0.05, 0) is 37.3 Å². The van der Waals surface area contributed by atoms with Crippen molar-refractivity contribution >= 4 is 51.3 Å². The molecule has 0 aliphatic carbocycles. The topological polar surface area (TPSA) is 220 Å². The van der Waals surface area contributed by atoms with Gasteiger partial charge in [-0.2, -0.15) is 0 Å². The number of phenolic OH excluding ortho intramolecular Hbond substituents is 1. The van der Waals surface area contributed by atoms with E-state index in [0.717, 1.165) is 0 Å². The Morgan fingerprint density at radius 2 is 1.75 bits per heavy atom. The number of hydrogen-bond donors (Lipinski definition) is 5. The molecule has 3 aliphatic rings. The number of amides is 1. The molecule has 320 valence electrons. The molecule has 0 radical (unpaired) electrons. The van der Waals surface area contributed by atoms with E-state index >= 15 is 0 Å². The minimum absolute atomic E-state index is 0.0119. The lowest BCUT2D eigenvalue weighted by Gasteiger charge is -2.38. The van der Waals surface area contributed by atoms with E-state index in [1.807, 2.05) is 0 Å². The third kappa shape index (κ3) is 7.71. The van der Waals surface area contributed by atoms with E-state index in [-0.39, 0.29) is 49.6 Å². The Bertz CT molecular complexity index is 2660. The number of benzene rings is 2. The number of ether oxygens (including phenoxy) is 4. The number of aliphatic hydroxyl groups is 2. The van der Waals surface area contributed by atoms with Crippen LogP contribution in [-0.4, -0.2) is 86.8 Å². The Labute approximate surface area is 345 Å². The standard InChI is InChI=1S/C44H52N4O12/c1-20-12-11-13-21(2)43(55)47-34-35-33(46-29-18-27(19-45-57-10)14-16-48(29)35)30-31(39(34)53)38(52)25(6)41-32(30)42(54)44(8,60-41)58-17-15-28(56-9)22(3)40(59-26(7)49)24(5)37(51)23(4)36(20)50/h11-20,22-24,28,36-37,40,45-46,50-51,53H,1-10H3/b12-11+,17-15+,21-13-,27-19?,47-34?/t20-,22+,23+,24+,28-,36-,37+,40+,44-/m0/s1. The summed E-state index contributed by atoms with van der Waals surface area (Å²) in [6, 6.07) is 3.47. The minimum atomic E-state index is -2.01. The van der Waals surface area contributed by atoms with Crippen LogP contribution in [0.3, 0.4) is 0 Å². The molecule has 7 rings (SSSR count). The van der Waals surface area contributed by atoms with Crippen molar-refractivity contribution in [2.45, 2.75) is 85.6 Å². The number of nitrogens with zero attached hydrogens (tertiary/aromatic N) is 2. The molecular formula is C44H52N4O12. The second-order valence-electron chi connectivity index (χ2n) is 15.8. The van der Waals surface area contributed by atoms with Crippen LogP contribution in [0.5, 0.6) is 11.5 Å². The third-order valence-corrected chi connectivity index (χ3v) is 11.7. The van der Waals surface area contributed by atoms with Crippen LogP contribution in [0.25, 0.3) is 33.7 Å². The van der Waals surface area contributed by atoms with E-state index in [1.165, 1.54) is 60.3 Å². The molecule has 16 heteroatoms. The quantitative estimate of drug-likeness (QED) is 0.147. The maximum absolute atomic E-state index is 14.6. The van der Waals surface area contributed by atoms with Gasteiger partial charge in [0.1, 0.15) is 28.4 Å². The highest BCUT2D eigenvalue weighted by Crippen LogP contribution is 2.44. The second kappa shape index (κ2) is 17.0. The number of imidazole rings is 1. The summed E-state index contributed by atoms with van der Waals surface area (Å²) in [7, 11) is 2.91. The van der Waals surface area contributed by atoms with Crippen molar-refractivity contribution in [1.82, 2.24) is 14.9 Å². The highest BCUT2D eigenvalue weighted by Gasteiger charge is 2.49. The third-order valence-electron chi connectivity index (χ3n) is 11.7. The van der Waals surface area contributed by atoms with Crippen LogP contribution < -0.4 is 26.2 Å². The van der Waals surface area contributed by atoms with Crippen molar-refractivity contribution in [2.75, 3.05) is 14.2 Å². The molecule has 4 aromatic rings. The van der Waals surface area contributed by atoms with E-state index < -0.39 is 82.7 Å². The molecule has 16 nitrogen and oxygen atoms in total. The molecule has 60 heavy (non-hydrogen) atoms. The second-order valence-corrected chi connectivity index (χ2v) is 15.8. The number of Topliss-reactive ketones (excluding diaryl/α,β-unsaturated/α-hetero) is 1. The molecule has 0 spiro atoms. The number of aromatic amines is 1. The Morgan fingerprint density at radius 1 is 1.03 bits per heavy atom. The van der Waals surface area contributed by atoms with Gasteiger partial charge in [-0.1, -0.05) is 45.9 Å². The number of allylic oxidation sites excluding steroid dienone is 2. The SMILES string of the molecule is CONC=c1ccn2c(c1)[nH]c1c3c4c5c(C)c(=O)c3c(O)c(c12)=NC(=O)/C(C)=C\C=C\[C@H](C)[C@H](O)[C@@H](C)[C@@H](O)[C@@H](C)[C@H](OC(C)=O)[C@H](C)[C@@H](OC)/C=C/O[C@@](C)(O5)C4=O. The number of carbonyl (C=O) groups excluding carboxylic acids is 3. The number of methoxy groups -OCH3 is 1. The number of fused-ring (bicyclic) bond motifs is 14. The Morgan fingerprint density at radius 3 is 2.42 bits per heavy atom. The zero-order valence-corrected chi connectivity index (χ0v) is 35.2. The van der Waals surface area contributed by atoms with Crippen LogP contribution in [0.15, 0.2) is 64.3 Å². The summed E-state index contributed by atoms with van der Waals surface area (Å²) in [6.45, 7) is 12.6. The van der Waals surface area contributed by atoms with Gasteiger partial charge in [0, 0.05) is 73.5 Å². The number of aromatic hydroxyl groups is 1. The van der Waals surface area contributed by atoms with Gasteiger partial charge in [0.15, 0.2) is 11.2 Å². The van der Waals surface area contributed by atoms with Crippen LogP contribution >= 0.6 is 0 Å². The zero-order chi connectivity index (χ0) is 44.0. The molecule has 5 heterocycles. The summed E-state index contributed by atoms with van der Waals surface area (Å²) in [4.78, 5) is 67.7. The number of hydroxylamine groups is 1. The van der Waals surface area contributed by atoms with E-state index in [4.69, 9.17) is 23.8 Å². The van der Waals surface area contributed by atoms with Gasteiger partial charge in [0.25, 0.3) is 11.7 Å². The van der Waals surface area contributed by atoms with E-state index in [9.17, 15) is 34.5 Å². The number of H-pyrrole nitrogens is 1. The van der Waals surface area contributed by atoms with Crippen molar-refractivity contribution in [3.05, 3.63) is 86.4 Å². The normalized spacial score (nSPS) is 30.2. The molecule has 5 N–H and O–H groups in total. The fraction of sp³-hybridized carbons (Fsp3) is 0.432. The number of rotatable bonds is 4. The van der Waals surface area contributed by atoms with Crippen LogP contribution in [0.4, 0.5) is 0 Å². The summed E-state index contributed by atoms with van der Waals surface area (Å²) in [5.74, 6) is -7.14. The van der Waals surface area contributed by atoms with E-state index in [0.29, 0.717) is 10.9 Å². The average Bonchev–Trinajstić information content (AvgIpc) is 3.72. The first-order chi connectivity index (χ1) is 28.4. The van der Waals surface area contributed by atoms with Crippen molar-refractivity contribution in [3.63, 3.8) is 0 Å². The maximum Gasteiger partial charge on any atom is 0.312 e. The molecule has 1 amide bonds. The van der Waals surface area contributed by atoms with Gasteiger partial charge in [-0.25, -0.2) is 4.99 Å². The van der Waals surface area contributed by atoms with Gasteiger partial charge in [0.2, 0.25) is 0 Å². The molecular weight excluding hydrogens is 776 g/mol. The van der Waals surface area contributed by atoms with Gasteiger partial charge in [-0.3, -0.25) is 33.9 Å². The first-order valence-corrected chi connectivity index (χ1v) is 19.6. The minimum Gasteiger partial charge on any atom is -0.505 e. The molecule has 9 atom stereocenters. The fourth-order valence-electron chi connectivity index (χ4n) is 8.17. The molecule has 0 saturated carbocycles. The summed E-state index contributed by atoms with van der Waals surface area (Å²) in [5, 5.41) is 35.2. The first kappa shape index (κ1) is 43.8. The number of hydrogen-bond acceptors (Lipinski definition) is 13. The maximum atomic E-state index is 14.6. The molecule has 3 aliphatic heterocycles. The number of esters is 1. The Kier molecular flexibility index (Phi) is 12.4. The highest BCUT2D eigenvalue weighted by atomic mass is 16.7. The predicted octanol–water partition coefficient (Wildman–Crippen LogP) is 3.53. The number of ketones is 1. The molecule has 5 bridgehead atoms. The lowest BCUT2D eigenvalue weighted by atomic mass is 9.78. The monoisotopic (exact) mass is 828 g/mol. The van der Waals surface area contributed by atoms with Crippen LogP contribution in [0.1, 0.15) is 64.4 Å². The number of aromatic nitrogens is 2. The number of pyridine rings is 1. The largest absolute Gasteiger partial charge is 0.505 e. The van der Waals surface area contributed by atoms with Gasteiger partial charge >= 0.3 is 11.8 Å². The van der Waals surface area contributed by atoms with Crippen LogP contribution in [-0.2, 0) is 28.6 Å². The number of nitrogens with one attached hydrogen (secondary N) is 2.